The van der Waals surface area contributed by atoms with Crippen LogP contribution in [-0.4, -0.2) is 30.5 Å². The molecule has 0 aromatic heterocycles. The van der Waals surface area contributed by atoms with Gasteiger partial charge in [0.05, 0.1) is 11.5 Å². The summed E-state index contributed by atoms with van der Waals surface area (Å²) in [7, 11) is 0. The zero-order chi connectivity index (χ0) is 12.3. The van der Waals surface area contributed by atoms with Crippen molar-refractivity contribution in [2.45, 2.75) is 6.92 Å². The molecule has 0 amide bonds. The molecule has 90 valence electrons. The lowest BCUT2D eigenvalue weighted by Gasteiger charge is -2.06. The van der Waals surface area contributed by atoms with Crippen LogP contribution in [0, 0.1) is 10.1 Å². The van der Waals surface area contributed by atoms with E-state index in [2.05, 4.69) is 10.3 Å². The second-order valence-electron chi connectivity index (χ2n) is 3.55. The van der Waals surface area contributed by atoms with Gasteiger partial charge in [-0.3, -0.25) is 10.1 Å². The molecule has 0 atom stereocenters. The summed E-state index contributed by atoms with van der Waals surface area (Å²) in [5.41, 5.74) is 1.21. The highest BCUT2D eigenvalue weighted by Crippen LogP contribution is 2.26. The van der Waals surface area contributed by atoms with E-state index in [1.54, 1.807) is 12.1 Å². The minimum Gasteiger partial charge on any atom is -0.476 e. The standard InChI is InChI=1S/C11H13N3O3/c1-2-12-9-4-3-8(7-10(9)14(15)16)11-13-5-6-17-11/h3-4,7,12H,2,5-6H2,1H3. The smallest absolute Gasteiger partial charge is 0.293 e. The predicted molar refractivity (Wildman–Crippen MR) is 64.6 cm³/mol. The number of ether oxygens (including phenoxy) is 1. The van der Waals surface area contributed by atoms with Crippen molar-refractivity contribution in [3.8, 4) is 0 Å². The molecular weight excluding hydrogens is 222 g/mol. The maximum atomic E-state index is 10.9. The summed E-state index contributed by atoms with van der Waals surface area (Å²) in [6.07, 6.45) is 0. The van der Waals surface area contributed by atoms with Crippen LogP contribution >= 0.6 is 0 Å². The second-order valence-corrected chi connectivity index (χ2v) is 3.55. The lowest BCUT2D eigenvalue weighted by molar-refractivity contribution is -0.384. The molecule has 0 saturated carbocycles. The molecule has 0 fully saturated rings. The number of nitrogens with one attached hydrogen (secondary N) is 1. The molecule has 0 aliphatic carbocycles. The SMILES string of the molecule is CCNc1ccc(C2=NCCO2)cc1[N+](=O)[O-]. The molecule has 1 aromatic rings. The first-order valence-corrected chi connectivity index (χ1v) is 5.42. The Hall–Kier alpha value is -2.11. The van der Waals surface area contributed by atoms with Gasteiger partial charge in [-0.2, -0.15) is 0 Å². The third-order valence-electron chi connectivity index (χ3n) is 2.39. The molecule has 0 spiro atoms. The number of nitro groups is 1. The van der Waals surface area contributed by atoms with Crippen LogP contribution in [0.2, 0.25) is 0 Å². The number of hydrogen-bond acceptors (Lipinski definition) is 5. The summed E-state index contributed by atoms with van der Waals surface area (Å²) >= 11 is 0. The lowest BCUT2D eigenvalue weighted by atomic mass is 10.1. The molecule has 17 heavy (non-hydrogen) atoms. The fraction of sp³-hybridized carbons (Fsp3) is 0.364. The van der Waals surface area contributed by atoms with Gasteiger partial charge in [0.1, 0.15) is 12.3 Å². The highest BCUT2D eigenvalue weighted by Gasteiger charge is 2.18. The summed E-state index contributed by atoms with van der Waals surface area (Å²) in [6, 6.07) is 4.94. The molecule has 1 heterocycles. The average molecular weight is 235 g/mol. The molecule has 6 heteroatoms. The molecule has 6 nitrogen and oxygen atoms in total. The van der Waals surface area contributed by atoms with Crippen LogP contribution in [0.5, 0.6) is 0 Å². The van der Waals surface area contributed by atoms with E-state index in [1.165, 1.54) is 6.07 Å². The topological polar surface area (TPSA) is 76.8 Å². The van der Waals surface area contributed by atoms with Crippen LogP contribution in [-0.2, 0) is 4.74 Å². The lowest BCUT2D eigenvalue weighted by Crippen LogP contribution is -2.05. The van der Waals surface area contributed by atoms with Gasteiger partial charge < -0.3 is 10.1 Å². The second kappa shape index (κ2) is 4.82. The van der Waals surface area contributed by atoms with Crippen LogP contribution in [0.15, 0.2) is 23.2 Å². The molecule has 1 N–H and O–H groups in total. The number of aliphatic imine (C=N–C) groups is 1. The minimum absolute atomic E-state index is 0.0440. The van der Waals surface area contributed by atoms with Gasteiger partial charge in [-0.15, -0.1) is 0 Å². The Kier molecular flexibility index (Phi) is 3.22. The highest BCUT2D eigenvalue weighted by molar-refractivity contribution is 5.96. The molecule has 1 aliphatic rings. The van der Waals surface area contributed by atoms with Gasteiger partial charge in [0.2, 0.25) is 5.90 Å². The van der Waals surface area contributed by atoms with Crippen molar-refractivity contribution in [1.82, 2.24) is 0 Å². The molecular formula is C11H13N3O3. The number of anilines is 1. The van der Waals surface area contributed by atoms with E-state index < -0.39 is 4.92 Å². The normalized spacial score (nSPS) is 14.1. The number of rotatable bonds is 4. The van der Waals surface area contributed by atoms with E-state index in [-0.39, 0.29) is 5.69 Å². The largest absolute Gasteiger partial charge is 0.476 e. The molecule has 0 bridgehead atoms. The van der Waals surface area contributed by atoms with Crippen LogP contribution < -0.4 is 5.32 Å². The quantitative estimate of drug-likeness (QED) is 0.637. The zero-order valence-electron chi connectivity index (χ0n) is 9.47. The summed E-state index contributed by atoms with van der Waals surface area (Å²) in [5.74, 6) is 0.483. The highest BCUT2D eigenvalue weighted by atomic mass is 16.6. The summed E-state index contributed by atoms with van der Waals surface area (Å²) < 4.78 is 5.28. The first-order valence-electron chi connectivity index (χ1n) is 5.42. The molecule has 1 aromatic carbocycles. The van der Waals surface area contributed by atoms with Crippen molar-refractivity contribution in [1.29, 1.82) is 0 Å². The molecule has 0 unspecified atom stereocenters. The first kappa shape index (κ1) is 11.4. The zero-order valence-corrected chi connectivity index (χ0v) is 9.47. The Bertz CT molecular complexity index is 471. The van der Waals surface area contributed by atoms with Gasteiger partial charge in [-0.05, 0) is 19.1 Å². The molecule has 0 radical (unpaired) electrons. The molecule has 0 saturated heterocycles. The van der Waals surface area contributed by atoms with E-state index in [0.717, 1.165) is 0 Å². The van der Waals surface area contributed by atoms with Crippen LogP contribution in [0.25, 0.3) is 0 Å². The van der Waals surface area contributed by atoms with Crippen molar-refractivity contribution in [2.24, 2.45) is 4.99 Å². The van der Waals surface area contributed by atoms with E-state index in [1.807, 2.05) is 6.92 Å². The van der Waals surface area contributed by atoms with Gasteiger partial charge >= 0.3 is 0 Å². The maximum absolute atomic E-state index is 10.9. The summed E-state index contributed by atoms with van der Waals surface area (Å²) in [6.45, 7) is 3.68. The Morgan fingerprint density at radius 3 is 3.00 bits per heavy atom. The summed E-state index contributed by atoms with van der Waals surface area (Å²) in [5, 5.41) is 13.9. The van der Waals surface area contributed by atoms with Gasteiger partial charge in [0.15, 0.2) is 0 Å². The number of benzene rings is 1. The Balaban J connectivity index is 2.37. The number of hydrogen-bond donors (Lipinski definition) is 1. The minimum atomic E-state index is -0.406. The summed E-state index contributed by atoms with van der Waals surface area (Å²) in [4.78, 5) is 14.7. The monoisotopic (exact) mass is 235 g/mol. The van der Waals surface area contributed by atoms with Gasteiger partial charge in [0, 0.05) is 18.2 Å². The van der Waals surface area contributed by atoms with Crippen molar-refractivity contribution >= 4 is 17.3 Å². The van der Waals surface area contributed by atoms with E-state index >= 15 is 0 Å². The first-order chi connectivity index (χ1) is 8.22. The van der Waals surface area contributed by atoms with Crippen LogP contribution in [0.1, 0.15) is 12.5 Å². The van der Waals surface area contributed by atoms with E-state index in [9.17, 15) is 10.1 Å². The van der Waals surface area contributed by atoms with E-state index in [4.69, 9.17) is 4.74 Å². The van der Waals surface area contributed by atoms with Gasteiger partial charge in [-0.1, -0.05) is 0 Å². The molecule has 1 aliphatic heterocycles. The fourth-order valence-electron chi connectivity index (χ4n) is 1.67. The predicted octanol–water partition coefficient (Wildman–Crippen LogP) is 1.80. The van der Waals surface area contributed by atoms with Gasteiger partial charge in [0.25, 0.3) is 5.69 Å². The van der Waals surface area contributed by atoms with Crippen molar-refractivity contribution in [3.05, 3.63) is 33.9 Å². The van der Waals surface area contributed by atoms with Gasteiger partial charge in [-0.25, -0.2) is 4.99 Å². The Morgan fingerprint density at radius 2 is 2.41 bits per heavy atom. The average Bonchev–Trinajstić information content (AvgIpc) is 2.83. The number of nitrogens with zero attached hydrogens (tertiary/aromatic N) is 2. The van der Waals surface area contributed by atoms with Crippen LogP contribution in [0.3, 0.4) is 0 Å². The maximum Gasteiger partial charge on any atom is 0.293 e. The van der Waals surface area contributed by atoms with E-state index in [0.29, 0.717) is 36.8 Å². The van der Waals surface area contributed by atoms with Crippen LogP contribution in [0.4, 0.5) is 11.4 Å². The Labute approximate surface area is 98.5 Å². The number of nitro benzene ring substituents is 1. The molecule has 2 rings (SSSR count). The Morgan fingerprint density at radius 1 is 1.59 bits per heavy atom. The van der Waals surface area contributed by atoms with Crippen molar-refractivity contribution in [3.63, 3.8) is 0 Å². The van der Waals surface area contributed by atoms with Crippen molar-refractivity contribution < 1.29 is 9.66 Å². The third kappa shape index (κ3) is 2.35. The fourth-order valence-corrected chi connectivity index (χ4v) is 1.67. The third-order valence-corrected chi connectivity index (χ3v) is 2.39. The van der Waals surface area contributed by atoms with Crippen molar-refractivity contribution in [2.75, 3.05) is 25.0 Å².